The zero-order chi connectivity index (χ0) is 13.1. The molecule has 4 nitrogen and oxygen atoms in total. The van der Waals surface area contributed by atoms with Crippen LogP contribution in [0.3, 0.4) is 0 Å². The minimum absolute atomic E-state index is 0.0153. The molecule has 1 atom stereocenters. The Morgan fingerprint density at radius 3 is 2.65 bits per heavy atom. The highest BCUT2D eigenvalue weighted by molar-refractivity contribution is 5.87. The molecule has 1 amide bonds. The number of carbonyl (C=O) groups excluding carboxylic acids is 1. The molecule has 0 bridgehead atoms. The fourth-order valence-electron chi connectivity index (χ4n) is 2.15. The molecular weight excluding hydrogens is 214 g/mol. The molecule has 1 rings (SSSR count). The Morgan fingerprint density at radius 1 is 1.53 bits per heavy atom. The monoisotopic (exact) mass is 235 g/mol. The smallest absolute Gasteiger partial charge is 0.246 e. The van der Waals surface area contributed by atoms with Crippen molar-refractivity contribution in [2.24, 2.45) is 0 Å². The van der Waals surface area contributed by atoms with E-state index in [9.17, 15) is 4.79 Å². The van der Waals surface area contributed by atoms with Crippen LogP contribution in [0.2, 0.25) is 0 Å². The van der Waals surface area contributed by atoms with Crippen LogP contribution in [0.4, 0.5) is 0 Å². The number of nitrogens with zero attached hydrogens (tertiary/aromatic N) is 3. The van der Waals surface area contributed by atoms with E-state index in [1.54, 1.807) is 4.90 Å². The molecule has 17 heavy (non-hydrogen) atoms. The van der Waals surface area contributed by atoms with Gasteiger partial charge in [-0.1, -0.05) is 6.58 Å². The molecule has 0 aromatic heterocycles. The number of piperazine rings is 1. The Morgan fingerprint density at radius 2 is 2.18 bits per heavy atom. The van der Waals surface area contributed by atoms with Crippen molar-refractivity contribution >= 4 is 5.91 Å². The van der Waals surface area contributed by atoms with Crippen molar-refractivity contribution in [3.63, 3.8) is 0 Å². The normalized spacial score (nSPS) is 22.0. The number of carbonyl (C=O) groups is 1. The fourth-order valence-corrected chi connectivity index (χ4v) is 2.15. The standard InChI is InChI=1S/C13H21N3O/c1-5-12(17)16-9-8-15(13(2,3)4)10-11(16)6-7-14/h5,11H,1,6,8-10H2,2-4H3. The van der Waals surface area contributed by atoms with Gasteiger partial charge in [0.25, 0.3) is 0 Å². The van der Waals surface area contributed by atoms with Crippen LogP contribution in [0, 0.1) is 11.3 Å². The second-order valence-electron chi connectivity index (χ2n) is 5.37. The van der Waals surface area contributed by atoms with E-state index in [0.717, 1.165) is 13.1 Å². The summed E-state index contributed by atoms with van der Waals surface area (Å²) < 4.78 is 0. The summed E-state index contributed by atoms with van der Waals surface area (Å²) in [7, 11) is 0. The molecule has 0 spiro atoms. The van der Waals surface area contributed by atoms with Crippen LogP contribution in [0.25, 0.3) is 0 Å². The zero-order valence-corrected chi connectivity index (χ0v) is 10.9. The van der Waals surface area contributed by atoms with Gasteiger partial charge in [0.15, 0.2) is 0 Å². The molecule has 1 unspecified atom stereocenters. The van der Waals surface area contributed by atoms with Crippen LogP contribution in [0.15, 0.2) is 12.7 Å². The molecule has 1 heterocycles. The molecule has 1 saturated heterocycles. The lowest BCUT2D eigenvalue weighted by Crippen LogP contribution is -2.59. The Labute approximate surface area is 103 Å². The molecule has 1 aliphatic heterocycles. The van der Waals surface area contributed by atoms with Gasteiger partial charge in [0.05, 0.1) is 18.5 Å². The van der Waals surface area contributed by atoms with Crippen molar-refractivity contribution in [3.05, 3.63) is 12.7 Å². The highest BCUT2D eigenvalue weighted by Crippen LogP contribution is 2.21. The number of hydrogen-bond donors (Lipinski definition) is 0. The third-order valence-electron chi connectivity index (χ3n) is 3.22. The summed E-state index contributed by atoms with van der Waals surface area (Å²) in [5.74, 6) is -0.0705. The summed E-state index contributed by atoms with van der Waals surface area (Å²) >= 11 is 0. The first-order valence-corrected chi connectivity index (χ1v) is 5.95. The Hall–Kier alpha value is -1.34. The average molecular weight is 235 g/mol. The Balaban J connectivity index is 2.78. The molecule has 94 valence electrons. The third kappa shape index (κ3) is 3.31. The molecule has 0 N–H and O–H groups in total. The van der Waals surface area contributed by atoms with Crippen molar-refractivity contribution in [1.29, 1.82) is 5.26 Å². The number of amides is 1. The van der Waals surface area contributed by atoms with Crippen molar-refractivity contribution < 1.29 is 4.79 Å². The van der Waals surface area contributed by atoms with Crippen LogP contribution in [0.5, 0.6) is 0 Å². The van der Waals surface area contributed by atoms with Gasteiger partial charge in [0.1, 0.15) is 0 Å². The Bertz CT molecular complexity index is 338. The summed E-state index contributed by atoms with van der Waals surface area (Å²) in [4.78, 5) is 15.8. The van der Waals surface area contributed by atoms with Gasteiger partial charge in [-0.25, -0.2) is 0 Å². The first kappa shape index (κ1) is 13.7. The van der Waals surface area contributed by atoms with Gasteiger partial charge in [0, 0.05) is 25.2 Å². The largest absolute Gasteiger partial charge is 0.333 e. The summed E-state index contributed by atoms with van der Waals surface area (Å²) in [5, 5.41) is 8.85. The summed E-state index contributed by atoms with van der Waals surface area (Å²) in [6, 6.07) is 2.15. The molecule has 0 aliphatic carbocycles. The van der Waals surface area contributed by atoms with E-state index >= 15 is 0 Å². The van der Waals surface area contributed by atoms with E-state index in [1.807, 2.05) is 0 Å². The second-order valence-corrected chi connectivity index (χ2v) is 5.37. The van der Waals surface area contributed by atoms with E-state index < -0.39 is 0 Å². The van der Waals surface area contributed by atoms with E-state index in [2.05, 4.69) is 38.3 Å². The molecule has 0 aromatic rings. The molecule has 4 heteroatoms. The van der Waals surface area contributed by atoms with Crippen molar-refractivity contribution in [2.75, 3.05) is 19.6 Å². The molecular formula is C13H21N3O. The Kier molecular flexibility index (Phi) is 4.30. The molecule has 0 aromatic carbocycles. The van der Waals surface area contributed by atoms with Gasteiger partial charge >= 0.3 is 0 Å². The lowest BCUT2D eigenvalue weighted by atomic mass is 10.0. The average Bonchev–Trinajstić information content (AvgIpc) is 2.27. The highest BCUT2D eigenvalue weighted by Gasteiger charge is 2.33. The van der Waals surface area contributed by atoms with Gasteiger partial charge in [-0.3, -0.25) is 9.69 Å². The maximum absolute atomic E-state index is 11.7. The minimum Gasteiger partial charge on any atom is -0.333 e. The lowest BCUT2D eigenvalue weighted by molar-refractivity contribution is -0.131. The maximum Gasteiger partial charge on any atom is 0.246 e. The van der Waals surface area contributed by atoms with E-state index in [0.29, 0.717) is 13.0 Å². The number of hydrogen-bond acceptors (Lipinski definition) is 3. The van der Waals surface area contributed by atoms with Crippen LogP contribution < -0.4 is 0 Å². The minimum atomic E-state index is -0.0705. The summed E-state index contributed by atoms with van der Waals surface area (Å²) in [5.41, 5.74) is 0.0804. The van der Waals surface area contributed by atoms with Gasteiger partial charge in [-0.15, -0.1) is 0 Å². The van der Waals surface area contributed by atoms with Gasteiger partial charge < -0.3 is 4.90 Å². The van der Waals surface area contributed by atoms with Gasteiger partial charge in [-0.05, 0) is 26.8 Å². The van der Waals surface area contributed by atoms with E-state index in [4.69, 9.17) is 5.26 Å². The van der Waals surface area contributed by atoms with Crippen LogP contribution in [-0.2, 0) is 4.79 Å². The topological polar surface area (TPSA) is 47.3 Å². The quantitative estimate of drug-likeness (QED) is 0.680. The van der Waals surface area contributed by atoms with Gasteiger partial charge in [0.2, 0.25) is 5.91 Å². The fraction of sp³-hybridized carbons (Fsp3) is 0.692. The van der Waals surface area contributed by atoms with Crippen molar-refractivity contribution in [1.82, 2.24) is 9.80 Å². The third-order valence-corrected chi connectivity index (χ3v) is 3.22. The summed E-state index contributed by atoms with van der Waals surface area (Å²) in [6.45, 7) is 12.3. The summed E-state index contributed by atoms with van der Waals surface area (Å²) in [6.07, 6.45) is 1.71. The predicted molar refractivity (Wildman–Crippen MR) is 67.3 cm³/mol. The van der Waals surface area contributed by atoms with E-state index in [-0.39, 0.29) is 17.5 Å². The maximum atomic E-state index is 11.7. The molecule has 1 aliphatic rings. The molecule has 1 fully saturated rings. The second kappa shape index (κ2) is 5.33. The van der Waals surface area contributed by atoms with Crippen molar-refractivity contribution in [2.45, 2.75) is 38.8 Å². The van der Waals surface area contributed by atoms with E-state index in [1.165, 1.54) is 6.08 Å². The first-order chi connectivity index (χ1) is 7.90. The highest BCUT2D eigenvalue weighted by atomic mass is 16.2. The SMILES string of the molecule is C=CC(=O)N1CCN(C(C)(C)C)CC1CC#N. The molecule has 0 radical (unpaired) electrons. The lowest BCUT2D eigenvalue weighted by Gasteiger charge is -2.46. The number of rotatable bonds is 2. The first-order valence-electron chi connectivity index (χ1n) is 5.95. The molecule has 0 saturated carbocycles. The zero-order valence-electron chi connectivity index (χ0n) is 10.9. The number of nitriles is 1. The van der Waals surface area contributed by atoms with Crippen molar-refractivity contribution in [3.8, 4) is 6.07 Å². The predicted octanol–water partition coefficient (Wildman–Crippen LogP) is 1.40. The van der Waals surface area contributed by atoms with Crippen LogP contribution >= 0.6 is 0 Å². The van der Waals surface area contributed by atoms with Gasteiger partial charge in [-0.2, -0.15) is 5.26 Å². The van der Waals surface area contributed by atoms with Crippen LogP contribution in [0.1, 0.15) is 27.2 Å². The van der Waals surface area contributed by atoms with Crippen LogP contribution in [-0.4, -0.2) is 46.9 Å².